The number of hydrogen-bond acceptors (Lipinski definition) is 4. The van der Waals surface area contributed by atoms with Crippen molar-refractivity contribution in [2.75, 3.05) is 13.1 Å². The van der Waals surface area contributed by atoms with Crippen molar-refractivity contribution in [2.45, 2.75) is 62.0 Å². The Kier molecular flexibility index (Phi) is 3.15. The van der Waals surface area contributed by atoms with Gasteiger partial charge in [0.05, 0.1) is 5.60 Å². The van der Waals surface area contributed by atoms with Gasteiger partial charge in [-0.05, 0) is 69.0 Å². The van der Waals surface area contributed by atoms with Crippen LogP contribution in [0.3, 0.4) is 0 Å². The smallest absolute Gasteiger partial charge is 0.161 e. The molecule has 0 amide bonds. The zero-order valence-corrected chi connectivity index (χ0v) is 14.7. The molecule has 4 heteroatoms. The number of benzene rings is 1. The van der Waals surface area contributed by atoms with E-state index in [9.17, 15) is 15.3 Å². The topological polar surface area (TPSA) is 63.9 Å². The maximum Gasteiger partial charge on any atom is 0.161 e. The third kappa shape index (κ3) is 2.01. The van der Waals surface area contributed by atoms with Crippen LogP contribution in [-0.2, 0) is 11.8 Å². The molecule has 3 fully saturated rings. The van der Waals surface area contributed by atoms with Gasteiger partial charge in [0.25, 0.3) is 0 Å². The maximum atomic E-state index is 12.0. The summed E-state index contributed by atoms with van der Waals surface area (Å²) in [7, 11) is 0. The van der Waals surface area contributed by atoms with Crippen LogP contribution in [0.4, 0.5) is 0 Å². The second-order valence-electron chi connectivity index (χ2n) is 8.81. The SMILES string of the molecule is C=C1CCC2(O)C3Cc4ccc(O)c(O)c4C2(CCN3CC2CC2)C1. The molecular formula is C21H27NO3. The highest BCUT2D eigenvalue weighted by atomic mass is 16.3. The molecule has 2 saturated carbocycles. The molecule has 1 aromatic carbocycles. The number of aromatic hydroxyl groups is 2. The van der Waals surface area contributed by atoms with Crippen LogP contribution in [0.5, 0.6) is 11.5 Å². The van der Waals surface area contributed by atoms with Gasteiger partial charge in [-0.15, -0.1) is 0 Å². The zero-order chi connectivity index (χ0) is 17.4. The lowest BCUT2D eigenvalue weighted by molar-refractivity contribution is -0.159. The first kappa shape index (κ1) is 15.7. The monoisotopic (exact) mass is 341 g/mol. The van der Waals surface area contributed by atoms with Gasteiger partial charge in [0.2, 0.25) is 0 Å². The average Bonchev–Trinajstić information content (AvgIpc) is 3.38. The largest absolute Gasteiger partial charge is 0.504 e. The lowest BCUT2D eigenvalue weighted by Crippen LogP contribution is -2.72. The summed E-state index contributed by atoms with van der Waals surface area (Å²) in [6, 6.07) is 3.64. The van der Waals surface area contributed by atoms with Crippen molar-refractivity contribution in [3.63, 3.8) is 0 Å². The Bertz CT molecular complexity index is 756. The number of fused-ring (bicyclic) bond motifs is 1. The number of phenols is 2. The van der Waals surface area contributed by atoms with Gasteiger partial charge in [-0.3, -0.25) is 4.90 Å². The molecule has 0 aromatic heterocycles. The van der Waals surface area contributed by atoms with E-state index in [2.05, 4.69) is 11.5 Å². The minimum absolute atomic E-state index is 0.0280. The van der Waals surface area contributed by atoms with Crippen LogP contribution in [0.15, 0.2) is 24.3 Å². The molecule has 3 atom stereocenters. The first-order valence-corrected chi connectivity index (χ1v) is 9.62. The van der Waals surface area contributed by atoms with Crippen LogP contribution in [0.25, 0.3) is 0 Å². The molecule has 0 radical (unpaired) electrons. The van der Waals surface area contributed by atoms with Gasteiger partial charge >= 0.3 is 0 Å². The van der Waals surface area contributed by atoms with E-state index in [4.69, 9.17) is 0 Å². The van der Waals surface area contributed by atoms with E-state index in [1.54, 1.807) is 6.07 Å². The first-order chi connectivity index (χ1) is 11.9. The Morgan fingerprint density at radius 3 is 2.76 bits per heavy atom. The van der Waals surface area contributed by atoms with Gasteiger partial charge < -0.3 is 15.3 Å². The van der Waals surface area contributed by atoms with E-state index in [1.807, 2.05) is 6.07 Å². The number of likely N-dealkylation sites (tertiary alicyclic amines) is 1. The van der Waals surface area contributed by atoms with Crippen LogP contribution in [-0.4, -0.2) is 45.0 Å². The predicted molar refractivity (Wildman–Crippen MR) is 95.8 cm³/mol. The molecule has 2 bridgehead atoms. The number of nitrogens with zero attached hydrogens (tertiary/aromatic N) is 1. The van der Waals surface area contributed by atoms with Gasteiger partial charge in [-0.2, -0.15) is 0 Å². The van der Waals surface area contributed by atoms with Crippen LogP contribution >= 0.6 is 0 Å². The summed E-state index contributed by atoms with van der Waals surface area (Å²) in [5.41, 5.74) is 1.66. The molecule has 4 nitrogen and oxygen atoms in total. The third-order valence-corrected chi connectivity index (χ3v) is 7.38. The number of rotatable bonds is 2. The average molecular weight is 341 g/mol. The van der Waals surface area contributed by atoms with Crippen molar-refractivity contribution < 1.29 is 15.3 Å². The number of piperidine rings is 1. The van der Waals surface area contributed by atoms with Gasteiger partial charge in [-0.25, -0.2) is 0 Å². The van der Waals surface area contributed by atoms with E-state index in [0.717, 1.165) is 55.0 Å². The minimum atomic E-state index is -0.848. The van der Waals surface area contributed by atoms with Crippen molar-refractivity contribution in [3.05, 3.63) is 35.4 Å². The zero-order valence-electron chi connectivity index (χ0n) is 14.7. The van der Waals surface area contributed by atoms with Gasteiger partial charge in [0.15, 0.2) is 11.5 Å². The predicted octanol–water partition coefficient (Wildman–Crippen LogP) is 2.85. The molecule has 1 aliphatic heterocycles. The van der Waals surface area contributed by atoms with Crippen LogP contribution in [0.1, 0.15) is 49.7 Å². The van der Waals surface area contributed by atoms with E-state index >= 15 is 0 Å². The standard InChI is InChI=1S/C21H27NO3/c1-13-6-7-21(25)17-10-15-4-5-16(23)19(24)18(15)20(21,11-13)8-9-22(17)12-14-2-3-14/h4-5,14,17,23-25H,1-3,6-12H2. The highest BCUT2D eigenvalue weighted by Gasteiger charge is 2.64. The molecule has 1 aromatic rings. The number of aliphatic hydroxyl groups is 1. The molecule has 3 N–H and O–H groups in total. The highest BCUT2D eigenvalue weighted by Crippen LogP contribution is 2.61. The highest BCUT2D eigenvalue weighted by molar-refractivity contribution is 5.58. The summed E-state index contributed by atoms with van der Waals surface area (Å²) in [6.07, 6.45) is 6.45. The lowest BCUT2D eigenvalue weighted by atomic mass is 9.49. The van der Waals surface area contributed by atoms with Crippen molar-refractivity contribution in [3.8, 4) is 11.5 Å². The molecule has 0 spiro atoms. The molecule has 1 heterocycles. The fourth-order valence-corrected chi connectivity index (χ4v) is 5.97. The fraction of sp³-hybridized carbons (Fsp3) is 0.619. The summed E-state index contributed by atoms with van der Waals surface area (Å²) in [4.78, 5) is 2.51. The first-order valence-electron chi connectivity index (χ1n) is 9.62. The van der Waals surface area contributed by atoms with Crippen LogP contribution in [0, 0.1) is 5.92 Å². The molecular weight excluding hydrogens is 314 g/mol. The van der Waals surface area contributed by atoms with Crippen molar-refractivity contribution >= 4 is 0 Å². The molecule has 1 saturated heterocycles. The molecule has 134 valence electrons. The van der Waals surface area contributed by atoms with E-state index in [-0.39, 0.29) is 17.5 Å². The van der Waals surface area contributed by atoms with Crippen LogP contribution < -0.4 is 0 Å². The summed E-state index contributed by atoms with van der Waals surface area (Å²) in [5, 5.41) is 32.8. The Balaban J connectivity index is 1.69. The Hall–Kier alpha value is -1.52. The summed E-state index contributed by atoms with van der Waals surface area (Å²) < 4.78 is 0. The van der Waals surface area contributed by atoms with Gasteiger partial charge in [0.1, 0.15) is 0 Å². The second kappa shape index (κ2) is 5.01. The van der Waals surface area contributed by atoms with Gasteiger partial charge in [0, 0.05) is 23.6 Å². The van der Waals surface area contributed by atoms with E-state index in [1.165, 1.54) is 12.8 Å². The molecule has 3 aliphatic carbocycles. The van der Waals surface area contributed by atoms with Gasteiger partial charge in [-0.1, -0.05) is 18.2 Å². The quantitative estimate of drug-likeness (QED) is 0.572. The van der Waals surface area contributed by atoms with Crippen molar-refractivity contribution in [2.24, 2.45) is 5.92 Å². The third-order valence-electron chi connectivity index (χ3n) is 7.38. The van der Waals surface area contributed by atoms with Crippen molar-refractivity contribution in [1.82, 2.24) is 4.90 Å². The number of hydrogen-bond donors (Lipinski definition) is 3. The summed E-state index contributed by atoms with van der Waals surface area (Å²) >= 11 is 0. The lowest BCUT2D eigenvalue weighted by Gasteiger charge is -2.64. The molecule has 5 rings (SSSR count). The molecule has 3 unspecified atom stereocenters. The second-order valence-corrected chi connectivity index (χ2v) is 8.81. The fourth-order valence-electron chi connectivity index (χ4n) is 5.97. The molecule has 4 aliphatic rings. The molecule has 25 heavy (non-hydrogen) atoms. The normalized spacial score (nSPS) is 37.5. The Morgan fingerprint density at radius 1 is 1.20 bits per heavy atom. The Labute approximate surface area is 148 Å². The minimum Gasteiger partial charge on any atom is -0.504 e. The van der Waals surface area contributed by atoms with E-state index in [0.29, 0.717) is 12.8 Å². The van der Waals surface area contributed by atoms with E-state index < -0.39 is 11.0 Å². The number of phenolic OH excluding ortho intramolecular Hbond substituents is 2. The van der Waals surface area contributed by atoms with Crippen molar-refractivity contribution in [1.29, 1.82) is 0 Å². The summed E-state index contributed by atoms with van der Waals surface area (Å²) in [5.74, 6) is 0.689. The van der Waals surface area contributed by atoms with Crippen LogP contribution in [0.2, 0.25) is 0 Å². The number of allylic oxidation sites excluding steroid dienone is 1. The maximum absolute atomic E-state index is 12.0. The Morgan fingerprint density at radius 2 is 2.00 bits per heavy atom. The summed E-state index contributed by atoms with van der Waals surface area (Å²) in [6.45, 7) is 6.25.